The molecule has 7 nitrogen and oxygen atoms in total. The van der Waals surface area contributed by atoms with Gasteiger partial charge in [-0.15, -0.1) is 0 Å². The highest BCUT2D eigenvalue weighted by Crippen LogP contribution is 2.38. The normalized spacial score (nSPS) is 23.0. The standard InChI is InChI=1S/C19H30N4O3/c1-13-11-22(7-8-23(13)18(25)26-19(2,3)4)12-17(24)16-10-20-15(9-21-16)14-5-6-14/h9-10,13-14,17,24H,5-8,11-12H2,1-4H3/t13-,17?/m1/s1. The second-order valence-corrected chi connectivity index (χ2v) is 8.44. The summed E-state index contributed by atoms with van der Waals surface area (Å²) in [5.74, 6) is 0.565. The van der Waals surface area contributed by atoms with E-state index in [0.717, 1.165) is 5.69 Å². The largest absolute Gasteiger partial charge is 0.444 e. The van der Waals surface area contributed by atoms with Crippen molar-refractivity contribution >= 4 is 6.09 Å². The predicted molar refractivity (Wildman–Crippen MR) is 97.8 cm³/mol. The molecule has 1 aromatic heterocycles. The van der Waals surface area contributed by atoms with Crippen LogP contribution >= 0.6 is 0 Å². The molecule has 1 aliphatic heterocycles. The Morgan fingerprint density at radius 3 is 2.58 bits per heavy atom. The van der Waals surface area contributed by atoms with Crippen LogP contribution < -0.4 is 0 Å². The predicted octanol–water partition coefficient (Wildman–Crippen LogP) is 2.33. The van der Waals surface area contributed by atoms with Gasteiger partial charge in [0.2, 0.25) is 0 Å². The van der Waals surface area contributed by atoms with Crippen molar-refractivity contribution in [3.05, 3.63) is 23.8 Å². The summed E-state index contributed by atoms with van der Waals surface area (Å²) >= 11 is 0. The molecule has 2 aliphatic rings. The zero-order chi connectivity index (χ0) is 18.9. The van der Waals surface area contributed by atoms with Crippen molar-refractivity contribution in [2.45, 2.75) is 64.2 Å². The lowest BCUT2D eigenvalue weighted by atomic mass is 10.1. The first-order valence-electron chi connectivity index (χ1n) is 9.45. The Morgan fingerprint density at radius 2 is 2.04 bits per heavy atom. The van der Waals surface area contributed by atoms with E-state index in [9.17, 15) is 9.90 Å². The van der Waals surface area contributed by atoms with E-state index in [-0.39, 0.29) is 12.1 Å². The number of aliphatic hydroxyl groups excluding tert-OH is 1. The summed E-state index contributed by atoms with van der Waals surface area (Å²) in [6, 6.07) is 0.0362. The van der Waals surface area contributed by atoms with Crippen molar-refractivity contribution in [1.29, 1.82) is 0 Å². The van der Waals surface area contributed by atoms with Gasteiger partial charge in [-0.3, -0.25) is 14.9 Å². The van der Waals surface area contributed by atoms with E-state index in [0.29, 0.717) is 37.8 Å². The first-order valence-corrected chi connectivity index (χ1v) is 9.45. The maximum absolute atomic E-state index is 12.3. The third-order valence-corrected chi connectivity index (χ3v) is 4.80. The van der Waals surface area contributed by atoms with E-state index in [2.05, 4.69) is 14.9 Å². The smallest absolute Gasteiger partial charge is 0.410 e. The van der Waals surface area contributed by atoms with Crippen LogP contribution in [0.15, 0.2) is 12.4 Å². The molecule has 2 atom stereocenters. The number of nitrogens with zero attached hydrogens (tertiary/aromatic N) is 4. The van der Waals surface area contributed by atoms with Crippen molar-refractivity contribution in [2.24, 2.45) is 0 Å². The third kappa shape index (κ3) is 4.92. The molecule has 7 heteroatoms. The first kappa shape index (κ1) is 19.0. The van der Waals surface area contributed by atoms with Gasteiger partial charge in [0.15, 0.2) is 0 Å². The number of β-amino-alcohol motifs (C(OH)–C–C–N with tert-alkyl or cyclic N) is 1. The lowest BCUT2D eigenvalue weighted by molar-refractivity contribution is -0.00447. The number of hydrogen-bond donors (Lipinski definition) is 1. The summed E-state index contributed by atoms with van der Waals surface area (Å²) in [6.45, 7) is 10.1. The zero-order valence-electron chi connectivity index (χ0n) is 16.2. The lowest BCUT2D eigenvalue weighted by Crippen LogP contribution is -2.55. The summed E-state index contributed by atoms with van der Waals surface area (Å²) in [5.41, 5.74) is 1.15. The molecule has 1 N–H and O–H groups in total. The van der Waals surface area contributed by atoms with E-state index in [4.69, 9.17) is 4.74 Å². The maximum Gasteiger partial charge on any atom is 0.410 e. The zero-order valence-corrected chi connectivity index (χ0v) is 16.2. The quantitative estimate of drug-likeness (QED) is 0.886. The van der Waals surface area contributed by atoms with Gasteiger partial charge in [-0.25, -0.2) is 4.79 Å². The molecule has 2 heterocycles. The molecule has 1 unspecified atom stereocenters. The van der Waals surface area contributed by atoms with E-state index in [1.807, 2.05) is 27.7 Å². The van der Waals surface area contributed by atoms with Gasteiger partial charge in [0.1, 0.15) is 11.7 Å². The number of rotatable bonds is 4. The molecule has 3 rings (SSSR count). The number of aromatic nitrogens is 2. The molecule has 1 amide bonds. The second kappa shape index (κ2) is 7.48. The van der Waals surface area contributed by atoms with Crippen molar-refractivity contribution in [3.8, 4) is 0 Å². The number of hydrogen-bond acceptors (Lipinski definition) is 6. The van der Waals surface area contributed by atoms with Gasteiger partial charge in [-0.1, -0.05) is 0 Å². The molecule has 144 valence electrons. The molecule has 1 aromatic rings. The van der Waals surface area contributed by atoms with Crippen molar-refractivity contribution in [3.63, 3.8) is 0 Å². The van der Waals surface area contributed by atoms with E-state index in [1.54, 1.807) is 17.3 Å². The molecule has 2 fully saturated rings. The fraction of sp³-hybridized carbons (Fsp3) is 0.737. The van der Waals surface area contributed by atoms with Crippen molar-refractivity contribution in [1.82, 2.24) is 19.8 Å². The number of carbonyl (C=O) groups is 1. The lowest BCUT2D eigenvalue weighted by Gasteiger charge is -2.40. The van der Waals surface area contributed by atoms with Gasteiger partial charge < -0.3 is 14.7 Å². The minimum absolute atomic E-state index is 0.0362. The van der Waals surface area contributed by atoms with E-state index in [1.165, 1.54) is 12.8 Å². The Morgan fingerprint density at radius 1 is 1.31 bits per heavy atom. The van der Waals surface area contributed by atoms with Crippen LogP contribution in [0.4, 0.5) is 4.79 Å². The average Bonchev–Trinajstić information content (AvgIpc) is 3.38. The minimum Gasteiger partial charge on any atom is -0.444 e. The average molecular weight is 362 g/mol. The molecule has 1 saturated heterocycles. The number of carbonyl (C=O) groups excluding carboxylic acids is 1. The van der Waals surface area contributed by atoms with E-state index >= 15 is 0 Å². The summed E-state index contributed by atoms with van der Waals surface area (Å²) in [5, 5.41) is 10.5. The summed E-state index contributed by atoms with van der Waals surface area (Å²) in [7, 11) is 0. The highest BCUT2D eigenvalue weighted by atomic mass is 16.6. The van der Waals surface area contributed by atoms with Crippen molar-refractivity contribution < 1.29 is 14.6 Å². The van der Waals surface area contributed by atoms with Crippen LogP contribution in [-0.2, 0) is 4.74 Å². The molecular weight excluding hydrogens is 332 g/mol. The van der Waals surface area contributed by atoms with Crippen molar-refractivity contribution in [2.75, 3.05) is 26.2 Å². The van der Waals surface area contributed by atoms with Crippen LogP contribution in [0.5, 0.6) is 0 Å². The molecule has 0 aromatic carbocycles. The molecular formula is C19H30N4O3. The van der Waals surface area contributed by atoms with Crippen LogP contribution in [-0.4, -0.2) is 68.8 Å². The Bertz CT molecular complexity index is 625. The summed E-state index contributed by atoms with van der Waals surface area (Å²) < 4.78 is 5.47. The molecule has 0 spiro atoms. The topological polar surface area (TPSA) is 78.8 Å². The summed E-state index contributed by atoms with van der Waals surface area (Å²) in [6.07, 6.45) is 4.92. The number of aliphatic hydroxyl groups is 1. The van der Waals surface area contributed by atoms with Gasteiger partial charge in [-0.05, 0) is 40.5 Å². The molecule has 26 heavy (non-hydrogen) atoms. The maximum atomic E-state index is 12.3. The van der Waals surface area contributed by atoms with Crippen LogP contribution in [0, 0.1) is 0 Å². The number of piperazine rings is 1. The molecule has 0 radical (unpaired) electrons. The SMILES string of the molecule is C[C@@H]1CN(CC(O)c2cnc(C3CC3)cn2)CCN1C(=O)OC(C)(C)C. The van der Waals surface area contributed by atoms with Crippen LogP contribution in [0.2, 0.25) is 0 Å². The van der Waals surface area contributed by atoms with E-state index < -0.39 is 11.7 Å². The highest BCUT2D eigenvalue weighted by Gasteiger charge is 2.32. The Kier molecular flexibility index (Phi) is 5.48. The Hall–Kier alpha value is -1.73. The van der Waals surface area contributed by atoms with Gasteiger partial charge in [-0.2, -0.15) is 0 Å². The van der Waals surface area contributed by atoms with Crippen LogP contribution in [0.3, 0.4) is 0 Å². The number of ether oxygens (including phenoxy) is 1. The second-order valence-electron chi connectivity index (χ2n) is 8.44. The molecule has 1 saturated carbocycles. The Labute approximate surface area is 155 Å². The van der Waals surface area contributed by atoms with Gasteiger partial charge in [0.25, 0.3) is 0 Å². The molecule has 1 aliphatic carbocycles. The molecule has 0 bridgehead atoms. The fourth-order valence-electron chi connectivity index (χ4n) is 3.24. The highest BCUT2D eigenvalue weighted by molar-refractivity contribution is 5.68. The fourth-order valence-corrected chi connectivity index (χ4v) is 3.24. The minimum atomic E-state index is -0.670. The van der Waals surface area contributed by atoms with Gasteiger partial charge in [0, 0.05) is 44.3 Å². The Balaban J connectivity index is 1.51. The first-order chi connectivity index (χ1) is 12.2. The van der Waals surface area contributed by atoms with Crippen LogP contribution in [0.25, 0.3) is 0 Å². The van der Waals surface area contributed by atoms with Gasteiger partial charge in [0.05, 0.1) is 17.6 Å². The van der Waals surface area contributed by atoms with Crippen LogP contribution in [0.1, 0.15) is 63.9 Å². The summed E-state index contributed by atoms with van der Waals surface area (Å²) in [4.78, 5) is 25.0. The monoisotopic (exact) mass is 362 g/mol. The van der Waals surface area contributed by atoms with Gasteiger partial charge >= 0.3 is 6.09 Å². The third-order valence-electron chi connectivity index (χ3n) is 4.80. The number of amides is 1.